The molecule has 2 saturated heterocycles. The normalized spacial score (nSPS) is 45.5. The van der Waals surface area contributed by atoms with Gasteiger partial charge in [-0.1, -0.05) is 6.42 Å². The number of likely N-dealkylation sites (N-methyl/N-ethyl adjacent to an activating group) is 2. The number of carbonyl (C=O) groups is 2. The Morgan fingerprint density at radius 1 is 0.875 bits per heavy atom. The van der Waals surface area contributed by atoms with Gasteiger partial charge in [0.2, 0.25) is 0 Å². The first kappa shape index (κ1) is 16.7. The predicted molar refractivity (Wildman–Crippen MR) is 93.7 cm³/mol. The van der Waals surface area contributed by atoms with Crippen LogP contribution in [0.2, 0.25) is 0 Å². The van der Waals surface area contributed by atoms with E-state index in [-0.39, 0.29) is 12.1 Å². The third kappa shape index (κ3) is 2.57. The zero-order valence-corrected chi connectivity index (χ0v) is 15.4. The van der Waals surface area contributed by atoms with E-state index in [2.05, 4.69) is 23.9 Å². The van der Waals surface area contributed by atoms with Crippen molar-refractivity contribution < 1.29 is 9.59 Å². The number of likely N-dealkylation sites (tertiary alicyclic amines) is 2. The van der Waals surface area contributed by atoms with E-state index in [9.17, 15) is 9.59 Å². The summed E-state index contributed by atoms with van der Waals surface area (Å²) >= 11 is 0. The molecule has 2 saturated carbocycles. The topological polar surface area (TPSA) is 40.6 Å². The third-order valence-electron chi connectivity index (χ3n) is 7.74. The molecule has 0 spiro atoms. The number of hydrogen-bond donors (Lipinski definition) is 0. The number of rotatable bonds is 4. The molecule has 4 rings (SSSR count). The highest BCUT2D eigenvalue weighted by molar-refractivity contribution is 5.85. The van der Waals surface area contributed by atoms with Crippen LogP contribution in [0.5, 0.6) is 0 Å². The lowest BCUT2D eigenvalue weighted by atomic mass is 9.82. The summed E-state index contributed by atoms with van der Waals surface area (Å²) in [5.74, 6) is 3.73. The van der Waals surface area contributed by atoms with Crippen LogP contribution in [-0.4, -0.2) is 60.6 Å². The molecule has 0 amide bonds. The Morgan fingerprint density at radius 3 is 2.38 bits per heavy atom. The molecule has 0 bridgehead atoms. The molecular formula is C20H32N2O2. The fourth-order valence-corrected chi connectivity index (χ4v) is 6.88. The van der Waals surface area contributed by atoms with Gasteiger partial charge in [0.25, 0.3) is 0 Å². The molecule has 4 nitrogen and oxygen atoms in total. The molecule has 0 aromatic rings. The van der Waals surface area contributed by atoms with Crippen LogP contribution in [0.1, 0.15) is 45.4 Å². The molecule has 4 fully saturated rings. The van der Waals surface area contributed by atoms with Gasteiger partial charge in [0.1, 0.15) is 5.78 Å². The second kappa shape index (κ2) is 6.21. The van der Waals surface area contributed by atoms with Crippen molar-refractivity contribution in [2.24, 2.45) is 29.6 Å². The van der Waals surface area contributed by atoms with Crippen LogP contribution < -0.4 is 0 Å². The standard InChI is InChI=1S/C20H32N2O2/c1-12(23)19-16-8-7-13(17(16)11-22(19)3)9-18(24)20-15-6-4-5-14(15)10-21(20)2/h13-17,19-20H,4-11H2,1-3H3/t13?,14-,15-,16+,17-,19+,20-/m0/s1. The Morgan fingerprint density at radius 2 is 1.62 bits per heavy atom. The van der Waals surface area contributed by atoms with Gasteiger partial charge >= 0.3 is 0 Å². The molecule has 0 N–H and O–H groups in total. The van der Waals surface area contributed by atoms with Crippen molar-refractivity contribution >= 4 is 11.6 Å². The van der Waals surface area contributed by atoms with E-state index >= 15 is 0 Å². The Kier molecular flexibility index (Phi) is 4.32. The predicted octanol–water partition coefficient (Wildman–Crippen LogP) is 2.22. The first-order valence-electron chi connectivity index (χ1n) is 9.91. The fourth-order valence-electron chi connectivity index (χ4n) is 6.88. The lowest BCUT2D eigenvalue weighted by Crippen LogP contribution is -2.38. The van der Waals surface area contributed by atoms with E-state index in [0.29, 0.717) is 35.2 Å². The first-order valence-corrected chi connectivity index (χ1v) is 9.91. The van der Waals surface area contributed by atoms with E-state index in [1.165, 1.54) is 19.3 Å². The summed E-state index contributed by atoms with van der Waals surface area (Å²) in [5.41, 5.74) is 0. The Balaban J connectivity index is 1.43. The largest absolute Gasteiger partial charge is 0.298 e. The number of carbonyl (C=O) groups excluding carboxylic acids is 2. The summed E-state index contributed by atoms with van der Waals surface area (Å²) in [6.07, 6.45) is 6.90. The van der Waals surface area contributed by atoms with Crippen LogP contribution in [0.3, 0.4) is 0 Å². The minimum Gasteiger partial charge on any atom is -0.298 e. The number of Topliss-reactive ketones (excluding diaryl/α,β-unsaturated/α-hetero) is 2. The maximum Gasteiger partial charge on any atom is 0.150 e. The van der Waals surface area contributed by atoms with E-state index < -0.39 is 0 Å². The van der Waals surface area contributed by atoms with Crippen LogP contribution in [-0.2, 0) is 9.59 Å². The van der Waals surface area contributed by atoms with Crippen molar-refractivity contribution in [3.63, 3.8) is 0 Å². The Bertz CT molecular complexity index is 534. The molecule has 4 aliphatic rings. The smallest absolute Gasteiger partial charge is 0.150 e. The average molecular weight is 332 g/mol. The summed E-state index contributed by atoms with van der Waals surface area (Å²) in [7, 11) is 4.23. The monoisotopic (exact) mass is 332 g/mol. The Hall–Kier alpha value is -0.740. The lowest BCUT2D eigenvalue weighted by molar-refractivity contribution is -0.125. The van der Waals surface area contributed by atoms with Crippen LogP contribution in [0.15, 0.2) is 0 Å². The molecular weight excluding hydrogens is 300 g/mol. The maximum atomic E-state index is 13.1. The fraction of sp³-hybridized carbons (Fsp3) is 0.900. The van der Waals surface area contributed by atoms with Crippen molar-refractivity contribution in [2.75, 3.05) is 27.2 Å². The van der Waals surface area contributed by atoms with E-state index in [0.717, 1.165) is 38.3 Å². The molecule has 0 aromatic carbocycles. The van der Waals surface area contributed by atoms with Gasteiger partial charge in [-0.2, -0.15) is 0 Å². The molecule has 1 unspecified atom stereocenters. The highest BCUT2D eigenvalue weighted by Crippen LogP contribution is 2.48. The van der Waals surface area contributed by atoms with Gasteiger partial charge in [0.05, 0.1) is 12.1 Å². The van der Waals surface area contributed by atoms with Gasteiger partial charge in [-0.15, -0.1) is 0 Å². The highest BCUT2D eigenvalue weighted by Gasteiger charge is 2.51. The summed E-state index contributed by atoms with van der Waals surface area (Å²) in [4.78, 5) is 29.7. The molecule has 7 atom stereocenters. The molecule has 2 aliphatic heterocycles. The minimum absolute atomic E-state index is 0.100. The van der Waals surface area contributed by atoms with Gasteiger partial charge in [0, 0.05) is 19.5 Å². The molecule has 134 valence electrons. The van der Waals surface area contributed by atoms with Gasteiger partial charge in [-0.25, -0.2) is 0 Å². The number of ketones is 2. The maximum absolute atomic E-state index is 13.1. The van der Waals surface area contributed by atoms with Crippen molar-refractivity contribution in [3.05, 3.63) is 0 Å². The zero-order valence-electron chi connectivity index (χ0n) is 15.4. The summed E-state index contributed by atoms with van der Waals surface area (Å²) in [5, 5.41) is 0. The summed E-state index contributed by atoms with van der Waals surface area (Å²) in [6.45, 7) is 3.85. The molecule has 4 heteroatoms. The van der Waals surface area contributed by atoms with Crippen LogP contribution in [0.4, 0.5) is 0 Å². The number of nitrogens with zero attached hydrogens (tertiary/aromatic N) is 2. The van der Waals surface area contributed by atoms with Gasteiger partial charge in [-0.05, 0) is 76.3 Å². The third-order valence-corrected chi connectivity index (χ3v) is 7.74. The minimum atomic E-state index is 0.100. The molecule has 0 radical (unpaired) electrons. The van der Waals surface area contributed by atoms with Crippen molar-refractivity contribution in [1.82, 2.24) is 9.80 Å². The second-order valence-corrected chi connectivity index (χ2v) is 9.07. The van der Waals surface area contributed by atoms with Crippen LogP contribution in [0.25, 0.3) is 0 Å². The summed E-state index contributed by atoms with van der Waals surface area (Å²) in [6, 6.07) is 0.280. The van der Waals surface area contributed by atoms with Crippen LogP contribution >= 0.6 is 0 Å². The first-order chi connectivity index (χ1) is 11.5. The van der Waals surface area contributed by atoms with Crippen LogP contribution in [0, 0.1) is 29.6 Å². The molecule has 24 heavy (non-hydrogen) atoms. The van der Waals surface area contributed by atoms with Crippen molar-refractivity contribution in [2.45, 2.75) is 57.5 Å². The van der Waals surface area contributed by atoms with E-state index in [1.807, 2.05) is 0 Å². The summed E-state index contributed by atoms with van der Waals surface area (Å²) < 4.78 is 0. The molecule has 2 aliphatic carbocycles. The number of hydrogen-bond acceptors (Lipinski definition) is 4. The van der Waals surface area contributed by atoms with Gasteiger partial charge in [-0.3, -0.25) is 19.4 Å². The van der Waals surface area contributed by atoms with E-state index in [1.54, 1.807) is 6.92 Å². The van der Waals surface area contributed by atoms with Crippen molar-refractivity contribution in [3.8, 4) is 0 Å². The quantitative estimate of drug-likeness (QED) is 0.791. The average Bonchev–Trinajstić information content (AvgIpc) is 3.20. The van der Waals surface area contributed by atoms with Gasteiger partial charge < -0.3 is 0 Å². The van der Waals surface area contributed by atoms with Gasteiger partial charge in [0.15, 0.2) is 5.78 Å². The second-order valence-electron chi connectivity index (χ2n) is 9.07. The van der Waals surface area contributed by atoms with E-state index in [4.69, 9.17) is 0 Å². The zero-order chi connectivity index (χ0) is 17.0. The number of fused-ring (bicyclic) bond motifs is 2. The van der Waals surface area contributed by atoms with Crippen molar-refractivity contribution in [1.29, 1.82) is 0 Å². The molecule has 0 aromatic heterocycles. The lowest BCUT2D eigenvalue weighted by Gasteiger charge is -2.26. The molecule has 2 heterocycles. The Labute approximate surface area is 145 Å². The SMILES string of the molecule is CC(=O)[C@@H]1[C@@H]2CCC(CC(=O)[C@@H]3[C@H]4CCC[C@H]4CN3C)[C@@H]2CN1C. The highest BCUT2D eigenvalue weighted by atomic mass is 16.1.